The van der Waals surface area contributed by atoms with Gasteiger partial charge < -0.3 is 5.73 Å². The van der Waals surface area contributed by atoms with Crippen LogP contribution >= 0.6 is 0 Å². The Morgan fingerprint density at radius 1 is 1.39 bits per heavy atom. The Labute approximate surface area is 109 Å². The SMILES string of the molecule is CC(c1ccc(C#N)cc1)N(C)C(CN)C1CC1. The lowest BCUT2D eigenvalue weighted by Gasteiger charge is -2.33. The summed E-state index contributed by atoms with van der Waals surface area (Å²) in [6.07, 6.45) is 2.62. The molecule has 2 atom stereocenters. The summed E-state index contributed by atoms with van der Waals surface area (Å²) in [5.41, 5.74) is 7.85. The largest absolute Gasteiger partial charge is 0.329 e. The molecule has 0 bridgehead atoms. The molecule has 0 aliphatic heterocycles. The van der Waals surface area contributed by atoms with Crippen molar-refractivity contribution in [1.82, 2.24) is 4.90 Å². The summed E-state index contributed by atoms with van der Waals surface area (Å²) >= 11 is 0. The average Bonchev–Trinajstić information content (AvgIpc) is 3.23. The molecule has 3 heteroatoms. The van der Waals surface area contributed by atoms with E-state index in [4.69, 9.17) is 11.0 Å². The maximum Gasteiger partial charge on any atom is 0.0991 e. The third-order valence-electron chi connectivity index (χ3n) is 4.06. The Bertz CT molecular complexity index is 428. The van der Waals surface area contributed by atoms with E-state index in [1.54, 1.807) is 0 Å². The van der Waals surface area contributed by atoms with Crippen LogP contribution in [0.1, 0.15) is 36.9 Å². The van der Waals surface area contributed by atoms with Crippen LogP contribution in [0.2, 0.25) is 0 Å². The van der Waals surface area contributed by atoms with E-state index in [9.17, 15) is 0 Å². The second-order valence-electron chi connectivity index (χ2n) is 5.22. The van der Waals surface area contributed by atoms with Crippen LogP contribution in [0.25, 0.3) is 0 Å². The predicted octanol–water partition coefficient (Wildman–Crippen LogP) is 2.29. The van der Waals surface area contributed by atoms with Gasteiger partial charge in [-0.2, -0.15) is 5.26 Å². The van der Waals surface area contributed by atoms with Crippen molar-refractivity contribution in [3.63, 3.8) is 0 Å². The topological polar surface area (TPSA) is 53.0 Å². The molecule has 1 aliphatic carbocycles. The maximum atomic E-state index is 8.81. The summed E-state index contributed by atoms with van der Waals surface area (Å²) in [5.74, 6) is 0.779. The molecule has 18 heavy (non-hydrogen) atoms. The Morgan fingerprint density at radius 2 is 2.00 bits per heavy atom. The van der Waals surface area contributed by atoms with Crippen LogP contribution in [0.4, 0.5) is 0 Å². The smallest absolute Gasteiger partial charge is 0.0991 e. The standard InChI is InChI=1S/C15H21N3/c1-11(13-5-3-12(9-16)4-6-13)18(2)15(10-17)14-7-8-14/h3-6,11,14-15H,7-8,10,17H2,1-2H3. The second-order valence-corrected chi connectivity index (χ2v) is 5.22. The molecule has 1 aliphatic rings. The summed E-state index contributed by atoms with van der Waals surface area (Å²) in [7, 11) is 2.15. The van der Waals surface area contributed by atoms with E-state index in [-0.39, 0.29) is 0 Å². The minimum absolute atomic E-state index is 0.340. The number of rotatable bonds is 5. The quantitative estimate of drug-likeness (QED) is 0.863. The first-order valence-electron chi connectivity index (χ1n) is 6.59. The first kappa shape index (κ1) is 13.1. The monoisotopic (exact) mass is 243 g/mol. The first-order valence-corrected chi connectivity index (χ1v) is 6.59. The number of likely N-dealkylation sites (N-methyl/N-ethyl adjacent to an activating group) is 1. The van der Waals surface area contributed by atoms with Crippen molar-refractivity contribution in [1.29, 1.82) is 5.26 Å². The Morgan fingerprint density at radius 3 is 2.44 bits per heavy atom. The van der Waals surface area contributed by atoms with Crippen LogP contribution in [0, 0.1) is 17.2 Å². The van der Waals surface area contributed by atoms with Crippen molar-refractivity contribution >= 4 is 0 Å². The Hall–Kier alpha value is -1.37. The van der Waals surface area contributed by atoms with Crippen molar-refractivity contribution in [2.45, 2.75) is 31.8 Å². The highest BCUT2D eigenvalue weighted by Crippen LogP contribution is 2.37. The van der Waals surface area contributed by atoms with E-state index in [0.717, 1.165) is 12.5 Å². The Kier molecular flexibility index (Phi) is 4.00. The zero-order valence-electron chi connectivity index (χ0n) is 11.1. The summed E-state index contributed by atoms with van der Waals surface area (Å²) < 4.78 is 0. The van der Waals surface area contributed by atoms with E-state index >= 15 is 0 Å². The average molecular weight is 243 g/mol. The van der Waals surface area contributed by atoms with E-state index in [1.807, 2.05) is 24.3 Å². The van der Waals surface area contributed by atoms with Gasteiger partial charge in [-0.05, 0) is 50.4 Å². The van der Waals surface area contributed by atoms with Crippen molar-refractivity contribution < 1.29 is 0 Å². The molecule has 2 rings (SSSR count). The van der Waals surface area contributed by atoms with Gasteiger partial charge >= 0.3 is 0 Å². The number of hydrogen-bond acceptors (Lipinski definition) is 3. The molecule has 1 saturated carbocycles. The Balaban J connectivity index is 2.08. The van der Waals surface area contributed by atoms with Gasteiger partial charge in [0.25, 0.3) is 0 Å². The van der Waals surface area contributed by atoms with Gasteiger partial charge in [-0.1, -0.05) is 12.1 Å². The number of nitriles is 1. The van der Waals surface area contributed by atoms with Crippen LogP contribution in [0.3, 0.4) is 0 Å². The lowest BCUT2D eigenvalue weighted by Crippen LogP contribution is -2.41. The van der Waals surface area contributed by atoms with Crippen molar-refractivity contribution in [2.75, 3.05) is 13.6 Å². The van der Waals surface area contributed by atoms with E-state index in [2.05, 4.69) is 24.9 Å². The molecule has 0 radical (unpaired) electrons. The molecule has 0 spiro atoms. The zero-order chi connectivity index (χ0) is 13.1. The molecule has 3 nitrogen and oxygen atoms in total. The number of nitrogens with two attached hydrogens (primary N) is 1. The molecule has 1 aromatic carbocycles. The van der Waals surface area contributed by atoms with E-state index in [0.29, 0.717) is 17.6 Å². The van der Waals surface area contributed by atoms with Gasteiger partial charge in [-0.3, -0.25) is 4.90 Å². The maximum absolute atomic E-state index is 8.81. The summed E-state index contributed by atoms with van der Waals surface area (Å²) in [6.45, 7) is 2.92. The third kappa shape index (κ3) is 2.72. The van der Waals surface area contributed by atoms with Crippen LogP contribution in [-0.4, -0.2) is 24.5 Å². The van der Waals surface area contributed by atoms with Gasteiger partial charge in [0.2, 0.25) is 0 Å². The molecule has 2 unspecified atom stereocenters. The van der Waals surface area contributed by atoms with Gasteiger partial charge in [0.1, 0.15) is 0 Å². The van der Waals surface area contributed by atoms with Crippen molar-refractivity contribution in [2.24, 2.45) is 11.7 Å². The molecule has 0 amide bonds. The minimum atomic E-state index is 0.340. The molecular formula is C15H21N3. The van der Waals surface area contributed by atoms with Crippen molar-refractivity contribution in [3.8, 4) is 6.07 Å². The zero-order valence-corrected chi connectivity index (χ0v) is 11.1. The molecule has 0 saturated heterocycles. The van der Waals surface area contributed by atoms with Gasteiger partial charge in [-0.25, -0.2) is 0 Å². The summed E-state index contributed by atoms with van der Waals surface area (Å²) in [4.78, 5) is 2.37. The van der Waals surface area contributed by atoms with Gasteiger partial charge in [0.05, 0.1) is 11.6 Å². The fraction of sp³-hybridized carbons (Fsp3) is 0.533. The molecule has 96 valence electrons. The fourth-order valence-electron chi connectivity index (χ4n) is 2.53. The summed E-state index contributed by atoms with van der Waals surface area (Å²) in [6, 6.07) is 10.8. The number of hydrogen-bond donors (Lipinski definition) is 1. The molecule has 1 fully saturated rings. The van der Waals surface area contributed by atoms with Crippen LogP contribution in [-0.2, 0) is 0 Å². The number of benzene rings is 1. The minimum Gasteiger partial charge on any atom is -0.329 e. The van der Waals surface area contributed by atoms with Gasteiger partial charge in [-0.15, -0.1) is 0 Å². The molecule has 0 aromatic heterocycles. The lowest BCUT2D eigenvalue weighted by molar-refractivity contribution is 0.170. The van der Waals surface area contributed by atoms with Gasteiger partial charge in [0.15, 0.2) is 0 Å². The lowest BCUT2D eigenvalue weighted by atomic mass is 10.0. The number of nitrogens with zero attached hydrogens (tertiary/aromatic N) is 2. The van der Waals surface area contributed by atoms with Gasteiger partial charge in [0, 0.05) is 18.6 Å². The summed E-state index contributed by atoms with van der Waals surface area (Å²) in [5, 5.41) is 8.81. The van der Waals surface area contributed by atoms with E-state index in [1.165, 1.54) is 18.4 Å². The third-order valence-corrected chi connectivity index (χ3v) is 4.06. The van der Waals surface area contributed by atoms with Crippen LogP contribution in [0.5, 0.6) is 0 Å². The van der Waals surface area contributed by atoms with Crippen LogP contribution < -0.4 is 5.73 Å². The van der Waals surface area contributed by atoms with Crippen molar-refractivity contribution in [3.05, 3.63) is 35.4 Å². The van der Waals surface area contributed by atoms with Crippen LogP contribution in [0.15, 0.2) is 24.3 Å². The second kappa shape index (κ2) is 5.51. The molecule has 2 N–H and O–H groups in total. The predicted molar refractivity (Wildman–Crippen MR) is 72.9 cm³/mol. The fourth-order valence-corrected chi connectivity index (χ4v) is 2.53. The first-order chi connectivity index (χ1) is 8.67. The highest BCUT2D eigenvalue weighted by atomic mass is 15.2. The normalized spacial score (nSPS) is 18.4. The highest BCUT2D eigenvalue weighted by molar-refractivity contribution is 5.32. The highest BCUT2D eigenvalue weighted by Gasteiger charge is 2.34. The van der Waals surface area contributed by atoms with E-state index < -0.39 is 0 Å². The molecule has 0 heterocycles. The molecule has 1 aromatic rings. The molecular weight excluding hydrogens is 222 g/mol.